The van der Waals surface area contributed by atoms with Crippen LogP contribution in [0, 0.1) is 11.8 Å². The molecule has 1 aliphatic rings. The van der Waals surface area contributed by atoms with Crippen molar-refractivity contribution >= 4 is 15.7 Å². The summed E-state index contributed by atoms with van der Waals surface area (Å²) in [5.41, 5.74) is 6.25. The molecule has 2 N–H and O–H groups in total. The van der Waals surface area contributed by atoms with E-state index < -0.39 is 9.84 Å². The van der Waals surface area contributed by atoms with Crippen molar-refractivity contribution in [2.24, 2.45) is 5.73 Å². The normalized spacial score (nSPS) is 19.6. The molecule has 0 bridgehead atoms. The standard InChI is InChI=1S/C14H17N3O3S/c1-17(12-5-8-21(19,20)10-12)14(18)13-4-7-16-9-11(13)3-2-6-15/h4,7,9,12H,5-6,8,10,15H2,1H3. The van der Waals surface area contributed by atoms with Crippen molar-refractivity contribution in [2.75, 3.05) is 25.1 Å². The van der Waals surface area contributed by atoms with Crippen LogP contribution in [0.15, 0.2) is 18.5 Å². The van der Waals surface area contributed by atoms with E-state index in [1.165, 1.54) is 17.3 Å². The van der Waals surface area contributed by atoms with E-state index in [0.717, 1.165) is 0 Å². The highest BCUT2D eigenvalue weighted by Gasteiger charge is 2.33. The Morgan fingerprint density at radius 3 is 2.95 bits per heavy atom. The molecular weight excluding hydrogens is 290 g/mol. The summed E-state index contributed by atoms with van der Waals surface area (Å²) in [6.45, 7) is 0.194. The number of nitrogens with zero attached hydrogens (tertiary/aromatic N) is 2. The van der Waals surface area contributed by atoms with Gasteiger partial charge in [0.2, 0.25) is 0 Å². The van der Waals surface area contributed by atoms with Crippen LogP contribution in [0.4, 0.5) is 0 Å². The second-order valence-electron chi connectivity index (χ2n) is 4.90. The summed E-state index contributed by atoms with van der Waals surface area (Å²) in [4.78, 5) is 18.0. The zero-order valence-corrected chi connectivity index (χ0v) is 12.6. The molecule has 1 amide bonds. The first kappa shape index (κ1) is 15.5. The Bertz CT molecular complexity index is 704. The molecule has 2 rings (SSSR count). The van der Waals surface area contributed by atoms with E-state index in [0.29, 0.717) is 17.5 Å². The predicted molar refractivity (Wildman–Crippen MR) is 79.3 cm³/mol. The second-order valence-corrected chi connectivity index (χ2v) is 7.13. The van der Waals surface area contributed by atoms with Crippen molar-refractivity contribution in [3.63, 3.8) is 0 Å². The topological polar surface area (TPSA) is 93.4 Å². The molecule has 21 heavy (non-hydrogen) atoms. The Balaban J connectivity index is 2.24. The second kappa shape index (κ2) is 6.24. The van der Waals surface area contributed by atoms with Gasteiger partial charge in [0.1, 0.15) is 0 Å². The maximum atomic E-state index is 12.5. The van der Waals surface area contributed by atoms with Crippen LogP contribution >= 0.6 is 0 Å². The summed E-state index contributed by atoms with van der Waals surface area (Å²) in [5.74, 6) is 5.40. The van der Waals surface area contributed by atoms with Crippen molar-refractivity contribution in [3.05, 3.63) is 29.6 Å². The quantitative estimate of drug-likeness (QED) is 0.754. The summed E-state index contributed by atoms with van der Waals surface area (Å²) in [5, 5.41) is 0. The van der Waals surface area contributed by atoms with Gasteiger partial charge in [0.05, 0.1) is 29.2 Å². The minimum absolute atomic E-state index is 0.0180. The van der Waals surface area contributed by atoms with Crippen LogP contribution in [0.5, 0.6) is 0 Å². The van der Waals surface area contributed by atoms with Crippen LogP contribution in [0.1, 0.15) is 22.3 Å². The monoisotopic (exact) mass is 307 g/mol. The molecule has 112 valence electrons. The Kier molecular flexibility index (Phi) is 4.60. The largest absolute Gasteiger partial charge is 0.338 e. The van der Waals surface area contributed by atoms with Gasteiger partial charge in [-0.3, -0.25) is 9.78 Å². The Hall–Kier alpha value is -1.91. The van der Waals surface area contributed by atoms with Crippen LogP contribution in [-0.2, 0) is 9.84 Å². The van der Waals surface area contributed by atoms with Crippen LogP contribution < -0.4 is 5.73 Å². The summed E-state index contributed by atoms with van der Waals surface area (Å²) < 4.78 is 23.1. The number of rotatable bonds is 2. The molecule has 7 heteroatoms. The van der Waals surface area contributed by atoms with Crippen molar-refractivity contribution in [1.29, 1.82) is 0 Å². The van der Waals surface area contributed by atoms with Gasteiger partial charge in [-0.2, -0.15) is 0 Å². The van der Waals surface area contributed by atoms with E-state index in [-0.39, 0.29) is 30.0 Å². The minimum atomic E-state index is -3.03. The third kappa shape index (κ3) is 3.60. The third-order valence-electron chi connectivity index (χ3n) is 3.45. The average Bonchev–Trinajstić information content (AvgIpc) is 2.84. The number of nitrogens with two attached hydrogens (primary N) is 1. The molecule has 1 atom stereocenters. The number of sulfone groups is 1. The summed E-state index contributed by atoms with van der Waals surface area (Å²) in [6.07, 6.45) is 3.49. The van der Waals surface area contributed by atoms with Gasteiger partial charge in [-0.1, -0.05) is 11.8 Å². The Labute approximate surface area is 124 Å². The van der Waals surface area contributed by atoms with Crippen molar-refractivity contribution in [2.45, 2.75) is 12.5 Å². The number of pyridine rings is 1. The highest BCUT2D eigenvalue weighted by atomic mass is 32.2. The SMILES string of the molecule is CN(C(=O)c1ccncc1C#CCN)C1CCS(=O)(=O)C1. The molecule has 1 fully saturated rings. The molecule has 2 heterocycles. The van der Waals surface area contributed by atoms with Gasteiger partial charge in [0, 0.05) is 25.5 Å². The molecule has 0 saturated carbocycles. The molecule has 1 aromatic rings. The molecule has 0 radical (unpaired) electrons. The van der Waals surface area contributed by atoms with Gasteiger partial charge >= 0.3 is 0 Å². The van der Waals surface area contributed by atoms with E-state index in [1.807, 2.05) is 0 Å². The molecule has 0 aromatic carbocycles. The first-order chi connectivity index (χ1) is 9.94. The fraction of sp³-hybridized carbons (Fsp3) is 0.429. The Morgan fingerprint density at radius 2 is 2.33 bits per heavy atom. The maximum absolute atomic E-state index is 12.5. The summed E-state index contributed by atoms with van der Waals surface area (Å²) >= 11 is 0. The van der Waals surface area contributed by atoms with E-state index >= 15 is 0 Å². The average molecular weight is 307 g/mol. The van der Waals surface area contributed by atoms with Crippen molar-refractivity contribution in [3.8, 4) is 11.8 Å². The molecule has 0 aliphatic carbocycles. The number of aromatic nitrogens is 1. The van der Waals surface area contributed by atoms with Crippen LogP contribution in [0.25, 0.3) is 0 Å². The fourth-order valence-corrected chi connectivity index (χ4v) is 4.04. The molecule has 1 aromatic heterocycles. The van der Waals surface area contributed by atoms with Gasteiger partial charge in [0.15, 0.2) is 9.84 Å². The minimum Gasteiger partial charge on any atom is -0.338 e. The highest BCUT2D eigenvalue weighted by Crippen LogP contribution is 2.19. The van der Waals surface area contributed by atoms with E-state index in [4.69, 9.17) is 5.73 Å². The first-order valence-corrected chi connectivity index (χ1v) is 8.37. The number of amides is 1. The van der Waals surface area contributed by atoms with E-state index in [1.54, 1.807) is 13.1 Å². The highest BCUT2D eigenvalue weighted by molar-refractivity contribution is 7.91. The summed E-state index contributed by atoms with van der Waals surface area (Å²) in [6, 6.07) is 1.30. The lowest BCUT2D eigenvalue weighted by molar-refractivity contribution is 0.0747. The van der Waals surface area contributed by atoms with E-state index in [2.05, 4.69) is 16.8 Å². The molecule has 1 unspecified atom stereocenters. The summed E-state index contributed by atoms with van der Waals surface area (Å²) in [7, 11) is -1.41. The van der Waals surface area contributed by atoms with Gasteiger partial charge < -0.3 is 10.6 Å². The first-order valence-electron chi connectivity index (χ1n) is 6.55. The van der Waals surface area contributed by atoms with Crippen molar-refractivity contribution < 1.29 is 13.2 Å². The predicted octanol–water partition coefficient (Wildman–Crippen LogP) is -0.349. The molecule has 1 saturated heterocycles. The molecule has 0 spiro atoms. The number of carbonyl (C=O) groups is 1. The van der Waals surface area contributed by atoms with Crippen LogP contribution in [-0.4, -0.2) is 55.3 Å². The zero-order valence-electron chi connectivity index (χ0n) is 11.7. The van der Waals surface area contributed by atoms with E-state index in [9.17, 15) is 13.2 Å². The maximum Gasteiger partial charge on any atom is 0.255 e. The lowest BCUT2D eigenvalue weighted by atomic mass is 10.1. The smallest absolute Gasteiger partial charge is 0.255 e. The number of hydrogen-bond donors (Lipinski definition) is 1. The van der Waals surface area contributed by atoms with Crippen LogP contribution in [0.3, 0.4) is 0 Å². The lowest BCUT2D eigenvalue weighted by Crippen LogP contribution is -2.38. The van der Waals surface area contributed by atoms with Gasteiger partial charge in [-0.25, -0.2) is 8.42 Å². The van der Waals surface area contributed by atoms with Gasteiger partial charge in [-0.15, -0.1) is 0 Å². The number of carbonyl (C=O) groups excluding carboxylic acids is 1. The van der Waals surface area contributed by atoms with Gasteiger partial charge in [-0.05, 0) is 12.5 Å². The zero-order chi connectivity index (χ0) is 15.5. The Morgan fingerprint density at radius 1 is 1.57 bits per heavy atom. The number of hydrogen-bond acceptors (Lipinski definition) is 5. The van der Waals surface area contributed by atoms with Gasteiger partial charge in [0.25, 0.3) is 5.91 Å². The molecule has 6 nitrogen and oxygen atoms in total. The molecular formula is C14H17N3O3S. The molecule has 1 aliphatic heterocycles. The lowest BCUT2D eigenvalue weighted by Gasteiger charge is -2.23. The van der Waals surface area contributed by atoms with Crippen LogP contribution in [0.2, 0.25) is 0 Å². The van der Waals surface area contributed by atoms with Crippen molar-refractivity contribution in [1.82, 2.24) is 9.88 Å². The third-order valence-corrected chi connectivity index (χ3v) is 5.20. The fourth-order valence-electron chi connectivity index (χ4n) is 2.26.